The number of carbonyl (C=O) groups is 1. The summed E-state index contributed by atoms with van der Waals surface area (Å²) in [6.07, 6.45) is 0.111. The molecule has 0 aliphatic carbocycles. The SMILES string of the molecule is COC(C)NC(C)OC.O=C(O)CO. The molecule has 0 aliphatic rings. The zero-order valence-electron chi connectivity index (χ0n) is 8.98. The summed E-state index contributed by atoms with van der Waals surface area (Å²) in [5.41, 5.74) is 0. The largest absolute Gasteiger partial charge is 0.480 e. The maximum atomic E-state index is 9.12. The molecule has 0 aromatic rings. The van der Waals surface area contributed by atoms with Gasteiger partial charge in [0.1, 0.15) is 19.1 Å². The predicted molar refractivity (Wildman–Crippen MR) is 50.8 cm³/mol. The lowest BCUT2D eigenvalue weighted by Crippen LogP contribution is -2.36. The highest BCUT2D eigenvalue weighted by Gasteiger charge is 2.02. The number of methoxy groups -OCH3 is 2. The van der Waals surface area contributed by atoms with Crippen molar-refractivity contribution in [2.75, 3.05) is 20.8 Å². The molecule has 0 saturated heterocycles. The highest BCUT2D eigenvalue weighted by Crippen LogP contribution is 1.86. The van der Waals surface area contributed by atoms with E-state index in [1.165, 1.54) is 0 Å². The van der Waals surface area contributed by atoms with E-state index in [1.54, 1.807) is 14.2 Å². The number of aliphatic hydroxyl groups is 1. The molecular formula is C8H19NO5. The number of nitrogens with one attached hydrogen (secondary N) is 1. The molecule has 0 aromatic heterocycles. The van der Waals surface area contributed by atoms with Gasteiger partial charge in [-0.3, -0.25) is 5.32 Å². The third kappa shape index (κ3) is 13.9. The van der Waals surface area contributed by atoms with Gasteiger partial charge in [-0.05, 0) is 13.8 Å². The Kier molecular flexibility index (Phi) is 11.7. The van der Waals surface area contributed by atoms with Crippen molar-refractivity contribution in [3.8, 4) is 0 Å². The monoisotopic (exact) mass is 209 g/mol. The summed E-state index contributed by atoms with van der Waals surface area (Å²) < 4.78 is 9.86. The molecule has 6 nitrogen and oxygen atoms in total. The predicted octanol–water partition coefficient (Wildman–Crippen LogP) is -0.376. The van der Waals surface area contributed by atoms with Crippen LogP contribution in [-0.4, -0.2) is 49.5 Å². The molecule has 0 heterocycles. The van der Waals surface area contributed by atoms with E-state index in [1.807, 2.05) is 13.8 Å². The number of aliphatic carboxylic acids is 1. The van der Waals surface area contributed by atoms with Gasteiger partial charge >= 0.3 is 5.97 Å². The Labute approximate surface area is 83.8 Å². The minimum Gasteiger partial charge on any atom is -0.480 e. The molecule has 14 heavy (non-hydrogen) atoms. The van der Waals surface area contributed by atoms with Gasteiger partial charge in [0.2, 0.25) is 0 Å². The first-order chi connectivity index (χ1) is 6.47. The fourth-order valence-electron chi connectivity index (χ4n) is 0.467. The van der Waals surface area contributed by atoms with Gasteiger partial charge in [-0.1, -0.05) is 0 Å². The summed E-state index contributed by atoms with van der Waals surface area (Å²) in [7, 11) is 3.31. The average Bonchev–Trinajstić information content (AvgIpc) is 2.18. The Balaban J connectivity index is 0. The molecule has 0 saturated carbocycles. The van der Waals surface area contributed by atoms with Crippen molar-refractivity contribution in [3.63, 3.8) is 0 Å². The topological polar surface area (TPSA) is 88.0 Å². The summed E-state index contributed by atoms with van der Waals surface area (Å²) in [6.45, 7) is 3.07. The van der Waals surface area contributed by atoms with Crippen molar-refractivity contribution in [2.45, 2.75) is 26.3 Å². The van der Waals surface area contributed by atoms with Gasteiger partial charge in [0.25, 0.3) is 0 Å². The maximum absolute atomic E-state index is 9.12. The summed E-state index contributed by atoms with van der Waals surface area (Å²) in [5.74, 6) is -1.19. The maximum Gasteiger partial charge on any atom is 0.329 e. The van der Waals surface area contributed by atoms with E-state index in [9.17, 15) is 0 Å². The first-order valence-corrected chi connectivity index (χ1v) is 4.12. The van der Waals surface area contributed by atoms with E-state index in [0.717, 1.165) is 0 Å². The molecule has 3 N–H and O–H groups in total. The summed E-state index contributed by atoms with van der Waals surface area (Å²) in [6, 6.07) is 0. The quantitative estimate of drug-likeness (QED) is 0.535. The highest BCUT2D eigenvalue weighted by atomic mass is 16.5. The summed E-state index contributed by atoms with van der Waals surface area (Å²) in [4.78, 5) is 9.12. The lowest BCUT2D eigenvalue weighted by molar-refractivity contribution is -0.140. The van der Waals surface area contributed by atoms with Crippen LogP contribution in [0.5, 0.6) is 0 Å². The van der Waals surface area contributed by atoms with Crippen LogP contribution >= 0.6 is 0 Å². The third-order valence-corrected chi connectivity index (χ3v) is 1.31. The van der Waals surface area contributed by atoms with Crippen LogP contribution in [0, 0.1) is 0 Å². The molecule has 0 spiro atoms. The molecule has 0 aliphatic heterocycles. The lowest BCUT2D eigenvalue weighted by atomic mass is 10.5. The van der Waals surface area contributed by atoms with Crippen LogP contribution in [0.15, 0.2) is 0 Å². The minimum atomic E-state index is -1.19. The van der Waals surface area contributed by atoms with Gasteiger partial charge in [-0.25, -0.2) is 4.79 Å². The van der Waals surface area contributed by atoms with Crippen LogP contribution in [0.4, 0.5) is 0 Å². The second-order valence-electron chi connectivity index (χ2n) is 2.47. The summed E-state index contributed by atoms with van der Waals surface area (Å²) in [5, 5.41) is 18.1. The standard InChI is InChI=1S/C6H15NO2.C2H4O3/c1-5(8-3)7-6(2)9-4;3-1-2(4)5/h5-7H,1-4H3;3H,1H2,(H,4,5). The number of rotatable bonds is 5. The van der Waals surface area contributed by atoms with E-state index in [0.29, 0.717) is 0 Å². The van der Waals surface area contributed by atoms with E-state index >= 15 is 0 Å². The number of hydrogen-bond donors (Lipinski definition) is 3. The van der Waals surface area contributed by atoms with Gasteiger partial charge in [0.05, 0.1) is 0 Å². The van der Waals surface area contributed by atoms with Crippen LogP contribution < -0.4 is 5.32 Å². The Morgan fingerprint density at radius 3 is 1.71 bits per heavy atom. The molecule has 0 amide bonds. The number of carboxylic acid groups (broad SMARTS) is 1. The van der Waals surface area contributed by atoms with Gasteiger partial charge in [0, 0.05) is 14.2 Å². The number of carboxylic acids is 1. The van der Waals surface area contributed by atoms with Crippen molar-refractivity contribution in [1.29, 1.82) is 0 Å². The van der Waals surface area contributed by atoms with Gasteiger partial charge in [0.15, 0.2) is 0 Å². The smallest absolute Gasteiger partial charge is 0.329 e. The van der Waals surface area contributed by atoms with Crippen LogP contribution in [0.2, 0.25) is 0 Å². The Hall–Kier alpha value is -0.690. The van der Waals surface area contributed by atoms with Crippen molar-refractivity contribution in [3.05, 3.63) is 0 Å². The van der Waals surface area contributed by atoms with Crippen LogP contribution in [0.3, 0.4) is 0 Å². The average molecular weight is 209 g/mol. The molecule has 2 unspecified atom stereocenters. The van der Waals surface area contributed by atoms with Crippen molar-refractivity contribution >= 4 is 5.97 Å². The zero-order chi connectivity index (χ0) is 11.6. The molecule has 0 rings (SSSR count). The molecule has 0 fully saturated rings. The van der Waals surface area contributed by atoms with Crippen molar-refractivity contribution in [2.24, 2.45) is 0 Å². The minimum absolute atomic E-state index is 0.0555. The molecule has 6 heteroatoms. The number of hydrogen-bond acceptors (Lipinski definition) is 5. The van der Waals surface area contributed by atoms with E-state index in [4.69, 9.17) is 24.5 Å². The van der Waals surface area contributed by atoms with Gasteiger partial charge in [-0.15, -0.1) is 0 Å². The fourth-order valence-corrected chi connectivity index (χ4v) is 0.467. The van der Waals surface area contributed by atoms with Gasteiger partial charge in [-0.2, -0.15) is 0 Å². The van der Waals surface area contributed by atoms with E-state index in [-0.39, 0.29) is 12.5 Å². The van der Waals surface area contributed by atoms with E-state index < -0.39 is 12.6 Å². The molecule has 86 valence electrons. The van der Waals surface area contributed by atoms with Crippen molar-refractivity contribution in [1.82, 2.24) is 5.32 Å². The molecular weight excluding hydrogens is 190 g/mol. The third-order valence-electron chi connectivity index (χ3n) is 1.31. The van der Waals surface area contributed by atoms with Crippen LogP contribution in [0.1, 0.15) is 13.8 Å². The lowest BCUT2D eigenvalue weighted by Gasteiger charge is -2.16. The number of ether oxygens (including phenoxy) is 2. The molecule has 2 atom stereocenters. The Bertz CT molecular complexity index is 134. The summed E-state index contributed by atoms with van der Waals surface area (Å²) >= 11 is 0. The normalized spacial score (nSPS) is 13.8. The van der Waals surface area contributed by atoms with Crippen molar-refractivity contribution < 1.29 is 24.5 Å². The van der Waals surface area contributed by atoms with E-state index in [2.05, 4.69) is 5.32 Å². The first kappa shape index (κ1) is 15.8. The molecule has 0 aromatic carbocycles. The molecule has 0 bridgehead atoms. The zero-order valence-corrected chi connectivity index (χ0v) is 8.98. The van der Waals surface area contributed by atoms with Crippen LogP contribution in [0.25, 0.3) is 0 Å². The Morgan fingerprint density at radius 1 is 1.29 bits per heavy atom. The van der Waals surface area contributed by atoms with Gasteiger partial charge < -0.3 is 19.7 Å². The Morgan fingerprint density at radius 2 is 1.57 bits per heavy atom. The number of aliphatic hydroxyl groups excluding tert-OH is 1. The second kappa shape index (κ2) is 10.4. The van der Waals surface area contributed by atoms with Crippen LogP contribution in [-0.2, 0) is 14.3 Å². The molecule has 0 radical (unpaired) electrons. The first-order valence-electron chi connectivity index (χ1n) is 4.12. The highest BCUT2D eigenvalue weighted by molar-refractivity contribution is 5.67. The fraction of sp³-hybridized carbons (Fsp3) is 0.875. The second-order valence-corrected chi connectivity index (χ2v) is 2.47.